The first-order chi connectivity index (χ1) is 5.90. The minimum absolute atomic E-state index is 0.270. The highest BCUT2D eigenvalue weighted by molar-refractivity contribution is 7.13. The number of aromatic nitrogens is 3. The minimum atomic E-state index is 0.270. The molecule has 5 nitrogen and oxygen atoms in total. The zero-order valence-corrected chi connectivity index (χ0v) is 6.91. The van der Waals surface area contributed by atoms with E-state index in [9.17, 15) is 0 Å². The lowest BCUT2D eigenvalue weighted by atomic mass is 10.5. The standard InChI is InChI=1S/C6H6N4OS/c7-1-5-9-6(10-11-5)4-2-8-3-12-4/h2-3H,1,7H2. The average molecular weight is 182 g/mol. The van der Waals surface area contributed by atoms with Crippen LogP contribution in [0.3, 0.4) is 0 Å². The van der Waals surface area contributed by atoms with Crippen molar-refractivity contribution in [3.05, 3.63) is 17.6 Å². The first kappa shape index (κ1) is 7.38. The van der Waals surface area contributed by atoms with Crippen LogP contribution in [-0.4, -0.2) is 15.1 Å². The van der Waals surface area contributed by atoms with Crippen molar-refractivity contribution in [3.8, 4) is 10.7 Å². The van der Waals surface area contributed by atoms with E-state index in [0.717, 1.165) is 4.88 Å². The lowest BCUT2D eigenvalue weighted by Crippen LogP contribution is -1.95. The summed E-state index contributed by atoms with van der Waals surface area (Å²) in [5, 5.41) is 3.73. The molecule has 0 saturated heterocycles. The third-order valence-corrected chi connectivity index (χ3v) is 2.06. The van der Waals surface area contributed by atoms with E-state index in [1.54, 1.807) is 11.7 Å². The van der Waals surface area contributed by atoms with Crippen LogP contribution in [0.15, 0.2) is 16.2 Å². The lowest BCUT2D eigenvalue weighted by Gasteiger charge is -1.80. The SMILES string of the molecule is NCc1nc(-c2cncs2)no1. The molecule has 0 aliphatic carbocycles. The Labute approximate surface area is 72.2 Å². The van der Waals surface area contributed by atoms with Crippen LogP contribution in [-0.2, 0) is 6.54 Å². The third-order valence-electron chi connectivity index (χ3n) is 1.30. The van der Waals surface area contributed by atoms with Crippen LogP contribution in [0.5, 0.6) is 0 Å². The molecule has 0 spiro atoms. The molecule has 0 saturated carbocycles. The summed E-state index contributed by atoms with van der Waals surface area (Å²) in [7, 11) is 0. The molecule has 2 heterocycles. The van der Waals surface area contributed by atoms with E-state index in [1.165, 1.54) is 11.3 Å². The van der Waals surface area contributed by atoms with Gasteiger partial charge in [0.2, 0.25) is 11.7 Å². The first-order valence-corrected chi connectivity index (χ1v) is 4.19. The fourth-order valence-corrected chi connectivity index (χ4v) is 1.31. The normalized spacial score (nSPS) is 10.4. The van der Waals surface area contributed by atoms with Crippen LogP contribution in [0.2, 0.25) is 0 Å². The number of nitrogens with zero attached hydrogens (tertiary/aromatic N) is 3. The maximum Gasteiger partial charge on any atom is 0.240 e. The van der Waals surface area contributed by atoms with Crippen LogP contribution >= 0.6 is 11.3 Å². The summed E-state index contributed by atoms with van der Waals surface area (Å²) in [5.74, 6) is 0.997. The van der Waals surface area contributed by atoms with E-state index in [2.05, 4.69) is 15.1 Å². The van der Waals surface area contributed by atoms with Crippen molar-refractivity contribution >= 4 is 11.3 Å². The van der Waals surface area contributed by atoms with Crippen molar-refractivity contribution in [1.82, 2.24) is 15.1 Å². The molecule has 0 aliphatic heterocycles. The number of rotatable bonds is 2. The second-order valence-corrected chi connectivity index (χ2v) is 2.97. The molecule has 2 rings (SSSR count). The minimum Gasteiger partial charge on any atom is -0.338 e. The predicted octanol–water partition coefficient (Wildman–Crippen LogP) is 0.652. The van der Waals surface area contributed by atoms with Gasteiger partial charge in [0, 0.05) is 6.20 Å². The topological polar surface area (TPSA) is 77.8 Å². The number of hydrogen-bond acceptors (Lipinski definition) is 6. The van der Waals surface area contributed by atoms with Crippen molar-refractivity contribution < 1.29 is 4.52 Å². The quantitative estimate of drug-likeness (QED) is 0.737. The van der Waals surface area contributed by atoms with E-state index in [4.69, 9.17) is 10.3 Å². The van der Waals surface area contributed by atoms with Gasteiger partial charge in [0.1, 0.15) is 0 Å². The average Bonchev–Trinajstić information content (AvgIpc) is 2.75. The van der Waals surface area contributed by atoms with Gasteiger partial charge in [-0.15, -0.1) is 11.3 Å². The van der Waals surface area contributed by atoms with Crippen molar-refractivity contribution in [2.45, 2.75) is 6.54 Å². The zero-order chi connectivity index (χ0) is 8.39. The van der Waals surface area contributed by atoms with Crippen LogP contribution < -0.4 is 5.73 Å². The van der Waals surface area contributed by atoms with E-state index in [1.807, 2.05) is 0 Å². The third kappa shape index (κ3) is 1.21. The maximum atomic E-state index is 5.31. The molecular formula is C6H6N4OS. The molecule has 12 heavy (non-hydrogen) atoms. The monoisotopic (exact) mass is 182 g/mol. The van der Waals surface area contributed by atoms with Crippen LogP contribution in [0.25, 0.3) is 10.7 Å². The molecule has 6 heteroatoms. The fourth-order valence-electron chi connectivity index (χ4n) is 0.764. The molecule has 0 amide bonds. The van der Waals surface area contributed by atoms with Gasteiger partial charge in [0.05, 0.1) is 16.9 Å². The molecule has 0 radical (unpaired) electrons. The Hall–Kier alpha value is -1.27. The molecule has 0 bridgehead atoms. The molecule has 0 unspecified atom stereocenters. The van der Waals surface area contributed by atoms with Gasteiger partial charge in [0.25, 0.3) is 0 Å². The van der Waals surface area contributed by atoms with Crippen LogP contribution in [0.4, 0.5) is 0 Å². The summed E-state index contributed by atoms with van der Waals surface area (Å²) < 4.78 is 4.83. The van der Waals surface area contributed by atoms with Crippen LogP contribution in [0.1, 0.15) is 5.89 Å². The van der Waals surface area contributed by atoms with E-state index >= 15 is 0 Å². The summed E-state index contributed by atoms with van der Waals surface area (Å²) >= 11 is 1.46. The van der Waals surface area contributed by atoms with Gasteiger partial charge in [-0.1, -0.05) is 5.16 Å². The summed E-state index contributed by atoms with van der Waals surface area (Å²) in [4.78, 5) is 8.83. The number of hydrogen-bond donors (Lipinski definition) is 1. The molecule has 2 aromatic heterocycles. The number of thiazole rings is 1. The maximum absolute atomic E-state index is 5.31. The first-order valence-electron chi connectivity index (χ1n) is 3.31. The Bertz CT molecular complexity index is 355. The Kier molecular flexibility index (Phi) is 1.84. The van der Waals surface area contributed by atoms with Crippen molar-refractivity contribution in [2.24, 2.45) is 5.73 Å². The van der Waals surface area contributed by atoms with Gasteiger partial charge >= 0.3 is 0 Å². The van der Waals surface area contributed by atoms with Gasteiger partial charge in [-0.2, -0.15) is 4.98 Å². The largest absolute Gasteiger partial charge is 0.338 e. The van der Waals surface area contributed by atoms with Gasteiger partial charge in [-0.05, 0) is 0 Å². The van der Waals surface area contributed by atoms with Crippen molar-refractivity contribution in [1.29, 1.82) is 0 Å². The van der Waals surface area contributed by atoms with Gasteiger partial charge in [0.15, 0.2) is 0 Å². The van der Waals surface area contributed by atoms with Gasteiger partial charge in [-0.25, -0.2) is 0 Å². The molecule has 2 N–H and O–H groups in total. The predicted molar refractivity (Wildman–Crippen MR) is 43.3 cm³/mol. The van der Waals surface area contributed by atoms with Gasteiger partial charge in [-0.3, -0.25) is 4.98 Å². The zero-order valence-electron chi connectivity index (χ0n) is 6.10. The summed E-state index contributed by atoms with van der Waals surface area (Å²) in [5.41, 5.74) is 7.02. The summed E-state index contributed by atoms with van der Waals surface area (Å²) in [6, 6.07) is 0. The molecule has 0 aliphatic rings. The summed E-state index contributed by atoms with van der Waals surface area (Å²) in [6.07, 6.45) is 1.69. The molecule has 2 aromatic rings. The van der Waals surface area contributed by atoms with Crippen LogP contribution in [0, 0.1) is 0 Å². The Morgan fingerprint density at radius 2 is 2.50 bits per heavy atom. The highest BCUT2D eigenvalue weighted by Crippen LogP contribution is 2.18. The van der Waals surface area contributed by atoms with Crippen molar-refractivity contribution in [2.75, 3.05) is 0 Å². The highest BCUT2D eigenvalue weighted by Gasteiger charge is 2.07. The second kappa shape index (κ2) is 3.00. The fraction of sp³-hybridized carbons (Fsp3) is 0.167. The molecule has 62 valence electrons. The Balaban J connectivity index is 2.35. The Morgan fingerprint density at radius 1 is 1.58 bits per heavy atom. The second-order valence-electron chi connectivity index (χ2n) is 2.08. The molecular weight excluding hydrogens is 176 g/mol. The highest BCUT2D eigenvalue weighted by atomic mass is 32.1. The lowest BCUT2D eigenvalue weighted by molar-refractivity contribution is 0.380. The Morgan fingerprint density at radius 3 is 3.08 bits per heavy atom. The molecule has 0 aromatic carbocycles. The van der Waals surface area contributed by atoms with Crippen molar-refractivity contribution in [3.63, 3.8) is 0 Å². The molecule has 0 fully saturated rings. The van der Waals surface area contributed by atoms with E-state index in [0.29, 0.717) is 11.7 Å². The van der Waals surface area contributed by atoms with E-state index < -0.39 is 0 Å². The smallest absolute Gasteiger partial charge is 0.240 e. The van der Waals surface area contributed by atoms with Gasteiger partial charge < -0.3 is 10.3 Å². The summed E-state index contributed by atoms with van der Waals surface area (Å²) in [6.45, 7) is 0.270. The van der Waals surface area contributed by atoms with E-state index in [-0.39, 0.29) is 6.54 Å². The number of nitrogens with two attached hydrogens (primary N) is 1. The molecule has 0 atom stereocenters.